The van der Waals surface area contributed by atoms with Gasteiger partial charge in [-0.3, -0.25) is 0 Å². The van der Waals surface area contributed by atoms with Crippen LogP contribution in [0, 0.1) is 0 Å². The topological polar surface area (TPSA) is 49.7 Å². The Morgan fingerprint density at radius 3 is 1.21 bits per heavy atom. The van der Waals surface area contributed by atoms with Gasteiger partial charge >= 0.3 is 8.60 Å². The molecular weight excluding hydrogens is 728 g/mol. The van der Waals surface area contributed by atoms with E-state index in [1.807, 2.05) is 0 Å². The average Bonchev–Trinajstić information content (AvgIpc) is 3.06. The van der Waals surface area contributed by atoms with E-state index in [1.165, 1.54) is 54.9 Å². The second-order valence-electron chi connectivity index (χ2n) is 23.0. The van der Waals surface area contributed by atoms with Crippen molar-refractivity contribution in [1.29, 1.82) is 0 Å². The minimum atomic E-state index is -2.77. The molecule has 0 aliphatic heterocycles. The summed E-state index contributed by atoms with van der Waals surface area (Å²) in [6.45, 7) is 41.1. The lowest BCUT2D eigenvalue weighted by atomic mass is 9.73. The molecule has 0 amide bonds. The van der Waals surface area contributed by atoms with Crippen molar-refractivity contribution in [2.45, 2.75) is 157 Å². The summed E-state index contributed by atoms with van der Waals surface area (Å²) in [5.74, 6) is 0.497. The molecular formula is C54H69O3P. The van der Waals surface area contributed by atoms with Crippen LogP contribution in [0.5, 0.6) is 5.75 Å². The molecule has 0 atom stereocenters. The van der Waals surface area contributed by atoms with Crippen LogP contribution in [-0.2, 0) is 32.5 Å². The smallest absolute Gasteiger partial charge is 0.391 e. The van der Waals surface area contributed by atoms with E-state index in [-0.39, 0.29) is 32.5 Å². The molecule has 6 rings (SSSR count). The van der Waals surface area contributed by atoms with Gasteiger partial charge in [-0.05, 0) is 140 Å². The van der Waals surface area contributed by atoms with Gasteiger partial charge in [0.15, 0.2) is 0 Å². The number of hydrogen-bond donors (Lipinski definition) is 2. The lowest BCUT2D eigenvalue weighted by molar-refractivity contribution is 0.376. The lowest BCUT2D eigenvalue weighted by Gasteiger charge is -2.31. The maximum atomic E-state index is 10.9. The summed E-state index contributed by atoms with van der Waals surface area (Å²) in [5.41, 5.74) is 10.6. The third-order valence-electron chi connectivity index (χ3n) is 11.9. The largest absolute Gasteiger partial charge is 0.426 e. The van der Waals surface area contributed by atoms with Crippen LogP contribution in [0.15, 0.2) is 78.9 Å². The first-order valence-electron chi connectivity index (χ1n) is 21.1. The van der Waals surface area contributed by atoms with E-state index in [0.29, 0.717) is 5.75 Å². The van der Waals surface area contributed by atoms with Gasteiger partial charge in [0.05, 0.1) is 0 Å². The highest BCUT2D eigenvalue weighted by Crippen LogP contribution is 2.53. The molecule has 58 heavy (non-hydrogen) atoms. The Morgan fingerprint density at radius 1 is 0.379 bits per heavy atom. The van der Waals surface area contributed by atoms with Crippen molar-refractivity contribution in [3.8, 4) is 28.0 Å². The van der Waals surface area contributed by atoms with Crippen molar-refractivity contribution < 1.29 is 14.3 Å². The summed E-state index contributed by atoms with van der Waals surface area (Å²) in [7, 11) is -2.77. The molecule has 3 nitrogen and oxygen atoms in total. The molecule has 0 aliphatic rings. The molecule has 0 spiro atoms. The fraction of sp³-hybridized carbons (Fsp3) is 0.444. The van der Waals surface area contributed by atoms with E-state index < -0.39 is 8.60 Å². The van der Waals surface area contributed by atoms with Crippen molar-refractivity contribution in [3.63, 3.8) is 0 Å². The molecule has 6 aromatic carbocycles. The highest BCUT2D eigenvalue weighted by atomic mass is 31.2. The normalized spacial score (nSPS) is 13.7. The van der Waals surface area contributed by atoms with Crippen LogP contribution in [0.2, 0.25) is 0 Å². The standard InChI is InChI=1S/C54H69O3P/c1-49(2,3)35-23-33-26-43(51(7,8)9)40(30-38(33)45(28-35)53(13,14)15)41-25-32-21-19-20-22-37(32)47(48(41)57-58(55)56)42-31-39-34(27-44(42)52(10,11)12)24-36(50(4,5)6)29-46(39)54(16,17)18/h19-31,55-56H,1-18H3. The molecule has 0 saturated carbocycles. The quantitative estimate of drug-likeness (QED) is 0.175. The van der Waals surface area contributed by atoms with Crippen molar-refractivity contribution in [1.82, 2.24) is 0 Å². The van der Waals surface area contributed by atoms with E-state index in [4.69, 9.17) is 4.52 Å². The van der Waals surface area contributed by atoms with Gasteiger partial charge in [0, 0.05) is 11.1 Å². The number of rotatable bonds is 4. The molecule has 308 valence electrons. The molecule has 0 aliphatic carbocycles. The maximum Gasteiger partial charge on any atom is 0.391 e. The zero-order valence-electron chi connectivity index (χ0n) is 38.8. The van der Waals surface area contributed by atoms with Crippen LogP contribution in [0.1, 0.15) is 158 Å². The van der Waals surface area contributed by atoms with E-state index in [1.54, 1.807) is 0 Å². The number of fused-ring (bicyclic) bond motifs is 3. The molecule has 0 fully saturated rings. The molecule has 0 heterocycles. The van der Waals surface area contributed by atoms with Crippen molar-refractivity contribution in [2.24, 2.45) is 0 Å². The molecule has 2 N–H and O–H groups in total. The number of hydrogen-bond acceptors (Lipinski definition) is 3. The Hall–Kier alpha value is -3.75. The predicted octanol–water partition coefficient (Wildman–Crippen LogP) is 15.9. The molecule has 0 bridgehead atoms. The van der Waals surface area contributed by atoms with Crippen LogP contribution in [0.3, 0.4) is 0 Å². The molecule has 0 unspecified atom stereocenters. The van der Waals surface area contributed by atoms with E-state index in [9.17, 15) is 9.79 Å². The molecule has 6 aromatic rings. The molecule has 0 aromatic heterocycles. The number of benzene rings is 6. The monoisotopic (exact) mass is 796 g/mol. The Kier molecular flexibility index (Phi) is 10.9. The van der Waals surface area contributed by atoms with E-state index >= 15 is 0 Å². The predicted molar refractivity (Wildman–Crippen MR) is 254 cm³/mol. The summed E-state index contributed by atoms with van der Waals surface area (Å²) in [6.07, 6.45) is 0. The van der Waals surface area contributed by atoms with Gasteiger partial charge in [-0.15, -0.1) is 0 Å². The Bertz CT molecular complexity index is 2550. The SMILES string of the molecule is CC(C)(C)c1cc(C(C)(C)C)c2cc(-c3cc4ccccc4c(-c4cc5c(C(C)(C)C)cc(C(C)(C)C)cc5cc4C(C)(C)C)c3OP(O)O)c(C(C)(C)C)cc2c1. The Morgan fingerprint density at radius 2 is 0.793 bits per heavy atom. The third kappa shape index (κ3) is 8.48. The van der Waals surface area contributed by atoms with Gasteiger partial charge in [-0.1, -0.05) is 173 Å². The van der Waals surface area contributed by atoms with Crippen LogP contribution in [0.4, 0.5) is 0 Å². The highest BCUT2D eigenvalue weighted by molar-refractivity contribution is 7.39. The Labute approximate surface area is 351 Å². The van der Waals surface area contributed by atoms with Crippen molar-refractivity contribution >= 4 is 40.9 Å². The summed E-state index contributed by atoms with van der Waals surface area (Å²) < 4.78 is 6.45. The zero-order valence-corrected chi connectivity index (χ0v) is 39.6. The summed E-state index contributed by atoms with van der Waals surface area (Å²) >= 11 is 0. The van der Waals surface area contributed by atoms with Crippen LogP contribution in [-0.4, -0.2) is 9.79 Å². The molecule has 0 saturated heterocycles. The fourth-order valence-corrected chi connectivity index (χ4v) is 8.93. The van der Waals surface area contributed by atoms with Crippen LogP contribution < -0.4 is 4.52 Å². The van der Waals surface area contributed by atoms with Gasteiger partial charge in [-0.2, -0.15) is 0 Å². The van der Waals surface area contributed by atoms with Gasteiger partial charge in [0.25, 0.3) is 0 Å². The van der Waals surface area contributed by atoms with Gasteiger partial charge in [0.2, 0.25) is 0 Å². The van der Waals surface area contributed by atoms with Crippen molar-refractivity contribution in [3.05, 3.63) is 112 Å². The summed E-state index contributed by atoms with van der Waals surface area (Å²) in [6, 6.07) is 29.7. The first-order chi connectivity index (χ1) is 26.4. The average molecular weight is 797 g/mol. The van der Waals surface area contributed by atoms with Gasteiger partial charge < -0.3 is 14.3 Å². The van der Waals surface area contributed by atoms with Crippen molar-refractivity contribution in [2.75, 3.05) is 0 Å². The highest BCUT2D eigenvalue weighted by Gasteiger charge is 2.32. The molecule has 0 radical (unpaired) electrons. The van der Waals surface area contributed by atoms with Gasteiger partial charge in [-0.25, -0.2) is 0 Å². The van der Waals surface area contributed by atoms with Gasteiger partial charge in [0.1, 0.15) is 5.75 Å². The summed E-state index contributed by atoms with van der Waals surface area (Å²) in [4.78, 5) is 21.9. The van der Waals surface area contributed by atoms with Crippen LogP contribution in [0.25, 0.3) is 54.6 Å². The van der Waals surface area contributed by atoms with E-state index in [2.05, 4.69) is 203 Å². The van der Waals surface area contributed by atoms with E-state index in [0.717, 1.165) is 33.0 Å². The Balaban J connectivity index is 1.87. The van der Waals surface area contributed by atoms with Crippen LogP contribution >= 0.6 is 8.60 Å². The minimum absolute atomic E-state index is 0.0196. The zero-order chi connectivity index (χ0) is 43.3. The second-order valence-corrected chi connectivity index (χ2v) is 23.7. The lowest BCUT2D eigenvalue weighted by Crippen LogP contribution is -2.18. The second kappa shape index (κ2) is 14.5. The summed E-state index contributed by atoms with van der Waals surface area (Å²) in [5, 5.41) is 6.91. The first-order valence-corrected chi connectivity index (χ1v) is 22.2. The maximum absolute atomic E-state index is 10.9. The third-order valence-corrected chi connectivity index (χ3v) is 12.2. The first kappa shape index (κ1) is 43.8. The minimum Gasteiger partial charge on any atom is -0.426 e. The fourth-order valence-electron chi connectivity index (χ4n) is 8.57. The molecule has 4 heteroatoms.